The average molecular weight is 287 g/mol. The molecule has 5 heteroatoms. The van der Waals surface area contributed by atoms with E-state index in [9.17, 15) is 9.90 Å². The lowest BCUT2D eigenvalue weighted by atomic mass is 9.61. The van der Waals surface area contributed by atoms with Crippen molar-refractivity contribution in [2.45, 2.75) is 39.7 Å². The molecule has 0 amide bonds. The van der Waals surface area contributed by atoms with Gasteiger partial charge in [0.25, 0.3) is 0 Å². The van der Waals surface area contributed by atoms with E-state index in [1.807, 2.05) is 26.0 Å². The van der Waals surface area contributed by atoms with E-state index < -0.39 is 5.97 Å². The molecule has 1 saturated carbocycles. The van der Waals surface area contributed by atoms with Crippen LogP contribution in [0.15, 0.2) is 18.3 Å². The molecule has 0 aromatic carbocycles. The zero-order chi connectivity index (χ0) is 15.6. The number of hydrogen-bond donors (Lipinski definition) is 2. The number of nitrogens with one attached hydrogen (secondary N) is 1. The molecular weight excluding hydrogens is 266 g/mol. The van der Waals surface area contributed by atoms with E-state index in [0.717, 1.165) is 12.1 Å². The fourth-order valence-corrected chi connectivity index (χ4v) is 3.24. The number of aromatic nitrogens is 1. The van der Waals surface area contributed by atoms with Crippen LogP contribution in [-0.4, -0.2) is 22.1 Å². The van der Waals surface area contributed by atoms with Crippen molar-refractivity contribution >= 4 is 11.7 Å². The monoisotopic (exact) mass is 287 g/mol. The molecule has 0 bridgehead atoms. The topological polar surface area (TPSA) is 86.0 Å². The number of carboxylic acids is 1. The molecule has 1 aliphatic rings. The van der Waals surface area contributed by atoms with Gasteiger partial charge in [0.15, 0.2) is 0 Å². The number of nitriles is 1. The van der Waals surface area contributed by atoms with Crippen molar-refractivity contribution in [3.63, 3.8) is 0 Å². The summed E-state index contributed by atoms with van der Waals surface area (Å²) in [5.74, 6) is -0.801. The number of pyridine rings is 1. The predicted molar refractivity (Wildman–Crippen MR) is 79.7 cm³/mol. The van der Waals surface area contributed by atoms with Crippen molar-refractivity contribution in [1.29, 1.82) is 5.26 Å². The Hall–Kier alpha value is -2.09. The Labute approximate surface area is 125 Å². The fraction of sp³-hybridized carbons (Fsp3) is 0.562. The molecule has 0 spiro atoms. The number of carbonyl (C=O) groups is 1. The van der Waals surface area contributed by atoms with Crippen LogP contribution in [0.1, 0.15) is 39.3 Å². The minimum absolute atomic E-state index is 0.199. The van der Waals surface area contributed by atoms with Crippen LogP contribution in [0.3, 0.4) is 0 Å². The summed E-state index contributed by atoms with van der Waals surface area (Å²) >= 11 is 0. The Balaban J connectivity index is 2.15. The van der Waals surface area contributed by atoms with Crippen molar-refractivity contribution in [2.24, 2.45) is 17.3 Å². The first-order chi connectivity index (χ1) is 9.86. The van der Waals surface area contributed by atoms with Gasteiger partial charge in [-0.2, -0.15) is 5.26 Å². The third kappa shape index (κ3) is 2.99. The number of aliphatic carboxylic acids is 1. The lowest BCUT2D eigenvalue weighted by molar-refractivity contribution is -0.149. The van der Waals surface area contributed by atoms with Gasteiger partial charge >= 0.3 is 5.97 Å². The third-order valence-corrected chi connectivity index (χ3v) is 4.97. The van der Waals surface area contributed by atoms with Gasteiger partial charge in [0, 0.05) is 17.9 Å². The predicted octanol–water partition coefficient (Wildman–Crippen LogP) is 2.89. The molecule has 3 unspecified atom stereocenters. The smallest absolute Gasteiger partial charge is 0.307 e. The molecule has 1 fully saturated rings. The van der Waals surface area contributed by atoms with E-state index in [1.165, 1.54) is 0 Å². The van der Waals surface area contributed by atoms with E-state index in [4.69, 9.17) is 5.26 Å². The zero-order valence-electron chi connectivity index (χ0n) is 12.6. The molecule has 0 radical (unpaired) electrons. The van der Waals surface area contributed by atoms with Crippen LogP contribution in [-0.2, 0) is 4.79 Å². The van der Waals surface area contributed by atoms with Gasteiger partial charge < -0.3 is 10.4 Å². The van der Waals surface area contributed by atoms with Crippen molar-refractivity contribution in [3.05, 3.63) is 24.0 Å². The minimum Gasteiger partial charge on any atom is -0.481 e. The molecule has 2 rings (SSSR count). The minimum atomic E-state index is -0.707. The highest BCUT2D eigenvalue weighted by Gasteiger charge is 2.46. The second-order valence-electron chi connectivity index (χ2n) is 6.37. The SMILES string of the molecule is CC1C(Nc2ccnc(C#N)c2)CCC(C(=O)O)C1(C)C. The zero-order valence-corrected chi connectivity index (χ0v) is 12.6. The van der Waals surface area contributed by atoms with Gasteiger partial charge in [-0.1, -0.05) is 20.8 Å². The summed E-state index contributed by atoms with van der Waals surface area (Å²) < 4.78 is 0. The molecule has 112 valence electrons. The van der Waals surface area contributed by atoms with Crippen molar-refractivity contribution in [1.82, 2.24) is 4.98 Å². The second-order valence-corrected chi connectivity index (χ2v) is 6.37. The molecule has 1 aliphatic carbocycles. The summed E-state index contributed by atoms with van der Waals surface area (Å²) in [6.07, 6.45) is 3.09. The molecule has 2 N–H and O–H groups in total. The average Bonchev–Trinajstić information content (AvgIpc) is 2.44. The summed E-state index contributed by atoms with van der Waals surface area (Å²) in [5, 5.41) is 21.7. The maximum Gasteiger partial charge on any atom is 0.307 e. The van der Waals surface area contributed by atoms with Crippen molar-refractivity contribution in [3.8, 4) is 6.07 Å². The molecule has 0 saturated heterocycles. The van der Waals surface area contributed by atoms with Gasteiger partial charge in [0.1, 0.15) is 11.8 Å². The highest BCUT2D eigenvalue weighted by atomic mass is 16.4. The molecule has 1 aromatic rings. The summed E-state index contributed by atoms with van der Waals surface area (Å²) in [7, 11) is 0. The summed E-state index contributed by atoms with van der Waals surface area (Å²) in [6, 6.07) is 5.79. The van der Waals surface area contributed by atoms with Crippen molar-refractivity contribution in [2.75, 3.05) is 5.32 Å². The van der Waals surface area contributed by atoms with Crippen LogP contribution in [0, 0.1) is 28.6 Å². The summed E-state index contributed by atoms with van der Waals surface area (Å²) in [5.41, 5.74) is 0.974. The van der Waals surface area contributed by atoms with Gasteiger partial charge in [-0.3, -0.25) is 4.79 Å². The van der Waals surface area contributed by atoms with Gasteiger partial charge in [-0.05, 0) is 36.3 Å². The quantitative estimate of drug-likeness (QED) is 0.892. The van der Waals surface area contributed by atoms with E-state index in [-0.39, 0.29) is 23.3 Å². The van der Waals surface area contributed by atoms with Gasteiger partial charge in [0.2, 0.25) is 0 Å². The lowest BCUT2D eigenvalue weighted by Crippen LogP contribution is -2.48. The Morgan fingerprint density at radius 1 is 1.52 bits per heavy atom. The third-order valence-electron chi connectivity index (χ3n) is 4.97. The summed E-state index contributed by atoms with van der Waals surface area (Å²) in [6.45, 7) is 6.15. The number of carboxylic acid groups (broad SMARTS) is 1. The number of anilines is 1. The standard InChI is InChI=1S/C16H21N3O2/c1-10-14(5-4-13(15(20)21)16(10,2)3)19-11-6-7-18-12(8-11)9-17/h6-8,10,13-14H,4-5H2,1-3H3,(H,18,19)(H,20,21). The van der Waals surface area contributed by atoms with E-state index in [0.29, 0.717) is 12.1 Å². The molecule has 5 nitrogen and oxygen atoms in total. The van der Waals surface area contributed by atoms with E-state index >= 15 is 0 Å². The highest BCUT2D eigenvalue weighted by molar-refractivity contribution is 5.71. The van der Waals surface area contributed by atoms with Crippen LogP contribution in [0.2, 0.25) is 0 Å². The first kappa shape index (κ1) is 15.3. The van der Waals surface area contributed by atoms with Crippen LogP contribution in [0.25, 0.3) is 0 Å². The van der Waals surface area contributed by atoms with Crippen LogP contribution >= 0.6 is 0 Å². The lowest BCUT2D eigenvalue weighted by Gasteiger charge is -2.46. The van der Waals surface area contributed by atoms with Crippen LogP contribution < -0.4 is 5.32 Å². The first-order valence-corrected chi connectivity index (χ1v) is 7.21. The maximum absolute atomic E-state index is 11.4. The Morgan fingerprint density at radius 3 is 2.86 bits per heavy atom. The molecular formula is C16H21N3O2. The van der Waals surface area contributed by atoms with Crippen LogP contribution in [0.4, 0.5) is 5.69 Å². The molecule has 0 aliphatic heterocycles. The number of nitrogens with zero attached hydrogens (tertiary/aromatic N) is 2. The molecule has 21 heavy (non-hydrogen) atoms. The largest absolute Gasteiger partial charge is 0.481 e. The number of hydrogen-bond acceptors (Lipinski definition) is 4. The Kier molecular flexibility index (Phi) is 4.17. The van der Waals surface area contributed by atoms with Crippen LogP contribution in [0.5, 0.6) is 0 Å². The number of rotatable bonds is 3. The van der Waals surface area contributed by atoms with E-state index in [1.54, 1.807) is 12.3 Å². The maximum atomic E-state index is 11.4. The first-order valence-electron chi connectivity index (χ1n) is 7.21. The molecule has 1 heterocycles. The normalized spacial score (nSPS) is 27.6. The Bertz CT molecular complexity index is 577. The van der Waals surface area contributed by atoms with E-state index in [2.05, 4.69) is 17.2 Å². The fourth-order valence-electron chi connectivity index (χ4n) is 3.24. The van der Waals surface area contributed by atoms with Gasteiger partial charge in [-0.15, -0.1) is 0 Å². The second kappa shape index (κ2) is 5.72. The summed E-state index contributed by atoms with van der Waals surface area (Å²) in [4.78, 5) is 15.4. The van der Waals surface area contributed by atoms with Crippen molar-refractivity contribution < 1.29 is 9.90 Å². The Morgan fingerprint density at radius 2 is 2.24 bits per heavy atom. The molecule has 3 atom stereocenters. The molecule has 1 aromatic heterocycles. The van der Waals surface area contributed by atoms with Gasteiger partial charge in [0.05, 0.1) is 5.92 Å². The highest BCUT2D eigenvalue weighted by Crippen LogP contribution is 2.45. The van der Waals surface area contributed by atoms with Gasteiger partial charge in [-0.25, -0.2) is 4.98 Å².